The molecule has 7 heteroatoms. The molecule has 2 aromatic rings. The summed E-state index contributed by atoms with van der Waals surface area (Å²) in [4.78, 5) is 24.8. The molecule has 122 valence electrons. The fourth-order valence-corrected chi connectivity index (χ4v) is 3.99. The summed E-state index contributed by atoms with van der Waals surface area (Å²) in [5.41, 5.74) is 2.38. The van der Waals surface area contributed by atoms with Gasteiger partial charge < -0.3 is 10.4 Å². The molecule has 6 nitrogen and oxygen atoms in total. The smallest absolute Gasteiger partial charge is 0.346 e. The number of thiophene rings is 1. The molecule has 1 aliphatic rings. The number of amides is 1. The van der Waals surface area contributed by atoms with Gasteiger partial charge >= 0.3 is 5.97 Å². The van der Waals surface area contributed by atoms with E-state index in [4.69, 9.17) is 0 Å². The van der Waals surface area contributed by atoms with E-state index in [2.05, 4.69) is 10.4 Å². The first-order valence-corrected chi connectivity index (χ1v) is 8.52. The monoisotopic (exact) mass is 333 g/mol. The molecule has 2 N–H and O–H groups in total. The number of rotatable bonds is 4. The quantitative estimate of drug-likeness (QED) is 0.898. The highest BCUT2D eigenvalue weighted by Crippen LogP contribution is 2.35. The first-order valence-electron chi connectivity index (χ1n) is 7.70. The molecule has 0 aliphatic heterocycles. The lowest BCUT2D eigenvalue weighted by molar-refractivity contribution is 0.0700. The maximum absolute atomic E-state index is 12.6. The van der Waals surface area contributed by atoms with Gasteiger partial charge in [-0.05, 0) is 50.7 Å². The molecule has 0 bridgehead atoms. The van der Waals surface area contributed by atoms with Gasteiger partial charge in [-0.1, -0.05) is 0 Å². The number of aromatic nitrogens is 2. The van der Waals surface area contributed by atoms with Crippen molar-refractivity contribution < 1.29 is 14.7 Å². The Balaban J connectivity index is 1.88. The minimum atomic E-state index is -0.945. The zero-order chi connectivity index (χ0) is 16.6. The predicted molar refractivity (Wildman–Crippen MR) is 88.5 cm³/mol. The summed E-state index contributed by atoms with van der Waals surface area (Å²) in [5, 5.41) is 16.4. The largest absolute Gasteiger partial charge is 0.477 e. The molecule has 0 saturated heterocycles. The normalized spacial score (nSPS) is 13.9. The summed E-state index contributed by atoms with van der Waals surface area (Å²) in [7, 11) is 0. The van der Waals surface area contributed by atoms with E-state index in [0.29, 0.717) is 15.4 Å². The Morgan fingerprint density at radius 2 is 1.91 bits per heavy atom. The van der Waals surface area contributed by atoms with E-state index in [9.17, 15) is 14.7 Å². The van der Waals surface area contributed by atoms with Crippen molar-refractivity contribution in [2.75, 3.05) is 5.32 Å². The van der Waals surface area contributed by atoms with E-state index in [-0.39, 0.29) is 11.9 Å². The standard InChI is InChI=1S/C16H19N3O3S/c1-9(2)19-8-10(7-17-19)18-15(20)13-11-5-3-4-6-12(11)14(23-13)16(21)22/h7-9H,3-6H2,1-2H3,(H,18,20)(H,21,22). The lowest BCUT2D eigenvalue weighted by atomic mass is 9.92. The van der Waals surface area contributed by atoms with E-state index >= 15 is 0 Å². The molecule has 1 aliphatic carbocycles. The zero-order valence-corrected chi connectivity index (χ0v) is 13.9. The number of carboxylic acid groups (broad SMARTS) is 1. The van der Waals surface area contributed by atoms with E-state index in [1.54, 1.807) is 17.1 Å². The number of fused-ring (bicyclic) bond motifs is 1. The molecule has 0 unspecified atom stereocenters. The van der Waals surface area contributed by atoms with Crippen molar-refractivity contribution in [3.05, 3.63) is 33.3 Å². The number of carbonyl (C=O) groups is 2. The van der Waals surface area contributed by atoms with E-state index < -0.39 is 5.97 Å². The molecule has 0 atom stereocenters. The van der Waals surface area contributed by atoms with Crippen LogP contribution in [-0.4, -0.2) is 26.8 Å². The Morgan fingerprint density at radius 3 is 2.48 bits per heavy atom. The third-order valence-corrected chi connectivity index (χ3v) is 5.27. The van der Waals surface area contributed by atoms with Gasteiger partial charge in [-0.15, -0.1) is 11.3 Å². The molecule has 3 rings (SSSR count). The Bertz CT molecular complexity index is 761. The summed E-state index contributed by atoms with van der Waals surface area (Å²) in [6.45, 7) is 4.01. The number of hydrogen-bond donors (Lipinski definition) is 2. The zero-order valence-electron chi connectivity index (χ0n) is 13.1. The van der Waals surface area contributed by atoms with Crippen LogP contribution in [0.3, 0.4) is 0 Å². The van der Waals surface area contributed by atoms with E-state index in [1.807, 2.05) is 13.8 Å². The van der Waals surface area contributed by atoms with Gasteiger partial charge in [0, 0.05) is 12.2 Å². The number of carbonyl (C=O) groups excluding carboxylic acids is 1. The Hall–Kier alpha value is -2.15. The van der Waals surface area contributed by atoms with E-state index in [0.717, 1.165) is 48.1 Å². The number of carboxylic acids is 1. The van der Waals surface area contributed by atoms with Crippen LogP contribution in [0.4, 0.5) is 5.69 Å². The average molecular weight is 333 g/mol. The van der Waals surface area contributed by atoms with Gasteiger partial charge in [0.2, 0.25) is 0 Å². The number of hydrogen-bond acceptors (Lipinski definition) is 4. The summed E-state index contributed by atoms with van der Waals surface area (Å²) in [6, 6.07) is 0.216. The first kappa shape index (κ1) is 15.7. The number of anilines is 1. The van der Waals surface area contributed by atoms with Crippen molar-refractivity contribution >= 4 is 28.9 Å². The fraction of sp³-hybridized carbons (Fsp3) is 0.438. The lowest BCUT2D eigenvalue weighted by Gasteiger charge is -2.13. The highest BCUT2D eigenvalue weighted by atomic mass is 32.1. The molecule has 0 fully saturated rings. The summed E-state index contributed by atoms with van der Waals surface area (Å²) >= 11 is 1.09. The molecule has 0 aromatic carbocycles. The molecular weight excluding hydrogens is 314 g/mol. The Labute approximate surface area is 138 Å². The summed E-state index contributed by atoms with van der Waals surface area (Å²) in [6.07, 6.45) is 6.87. The second-order valence-electron chi connectivity index (χ2n) is 5.99. The molecular formula is C16H19N3O3S. The second kappa shape index (κ2) is 6.16. The number of aromatic carboxylic acids is 1. The van der Waals surface area contributed by atoms with Crippen molar-refractivity contribution in [1.82, 2.24) is 9.78 Å². The SMILES string of the molecule is CC(C)n1cc(NC(=O)c2sc(C(=O)O)c3c2CCCC3)cn1. The van der Waals surface area contributed by atoms with Crippen molar-refractivity contribution in [2.45, 2.75) is 45.6 Å². The van der Waals surface area contributed by atoms with Crippen molar-refractivity contribution in [3.8, 4) is 0 Å². The van der Waals surface area contributed by atoms with Crippen LogP contribution >= 0.6 is 11.3 Å². The van der Waals surface area contributed by atoms with Crippen LogP contribution in [-0.2, 0) is 12.8 Å². The van der Waals surface area contributed by atoms with Crippen LogP contribution in [0.15, 0.2) is 12.4 Å². The highest BCUT2D eigenvalue weighted by Gasteiger charge is 2.27. The number of nitrogens with zero attached hydrogens (tertiary/aromatic N) is 2. The van der Waals surface area contributed by atoms with Crippen LogP contribution in [0, 0.1) is 0 Å². The van der Waals surface area contributed by atoms with Crippen molar-refractivity contribution in [1.29, 1.82) is 0 Å². The van der Waals surface area contributed by atoms with Crippen molar-refractivity contribution in [2.24, 2.45) is 0 Å². The summed E-state index contributed by atoms with van der Waals surface area (Å²) in [5.74, 6) is -1.19. The van der Waals surface area contributed by atoms with Gasteiger partial charge in [0.15, 0.2) is 0 Å². The van der Waals surface area contributed by atoms with Gasteiger partial charge in [0.25, 0.3) is 5.91 Å². The maximum atomic E-state index is 12.6. The molecule has 0 radical (unpaired) electrons. The maximum Gasteiger partial charge on any atom is 0.346 e. The molecule has 1 amide bonds. The number of nitrogens with one attached hydrogen (secondary N) is 1. The minimum Gasteiger partial charge on any atom is -0.477 e. The third-order valence-electron chi connectivity index (χ3n) is 4.01. The topological polar surface area (TPSA) is 84.2 Å². The molecule has 2 aromatic heterocycles. The van der Waals surface area contributed by atoms with Gasteiger partial charge in [-0.25, -0.2) is 4.79 Å². The molecule has 2 heterocycles. The van der Waals surface area contributed by atoms with Crippen LogP contribution in [0.1, 0.15) is 63.2 Å². The van der Waals surface area contributed by atoms with Gasteiger partial charge in [-0.2, -0.15) is 5.10 Å². The van der Waals surface area contributed by atoms with Crippen LogP contribution in [0.2, 0.25) is 0 Å². The van der Waals surface area contributed by atoms with Crippen molar-refractivity contribution in [3.63, 3.8) is 0 Å². The average Bonchev–Trinajstić information content (AvgIpc) is 3.11. The van der Waals surface area contributed by atoms with Gasteiger partial charge in [0.1, 0.15) is 4.88 Å². The van der Waals surface area contributed by atoms with Crippen LogP contribution < -0.4 is 5.32 Å². The molecule has 0 spiro atoms. The second-order valence-corrected chi connectivity index (χ2v) is 7.01. The Morgan fingerprint density at radius 1 is 1.26 bits per heavy atom. The molecule has 23 heavy (non-hydrogen) atoms. The van der Waals surface area contributed by atoms with Gasteiger partial charge in [0.05, 0.1) is 16.8 Å². The van der Waals surface area contributed by atoms with Crippen LogP contribution in [0.5, 0.6) is 0 Å². The van der Waals surface area contributed by atoms with Crippen LogP contribution in [0.25, 0.3) is 0 Å². The molecule has 0 saturated carbocycles. The summed E-state index contributed by atoms with van der Waals surface area (Å²) < 4.78 is 1.77. The van der Waals surface area contributed by atoms with Gasteiger partial charge in [-0.3, -0.25) is 9.48 Å². The fourth-order valence-electron chi connectivity index (χ4n) is 2.86. The van der Waals surface area contributed by atoms with E-state index in [1.165, 1.54) is 0 Å². The Kier molecular flexibility index (Phi) is 4.21. The lowest BCUT2D eigenvalue weighted by Crippen LogP contribution is -2.13. The predicted octanol–water partition coefficient (Wildman–Crippen LogP) is 3.35. The minimum absolute atomic E-state index is 0.216. The first-order chi connectivity index (χ1) is 11.0. The highest BCUT2D eigenvalue weighted by molar-refractivity contribution is 7.16. The third kappa shape index (κ3) is 3.01.